The van der Waals surface area contributed by atoms with E-state index < -0.39 is 0 Å². The van der Waals surface area contributed by atoms with Gasteiger partial charge in [0.25, 0.3) is 0 Å². The van der Waals surface area contributed by atoms with Crippen molar-refractivity contribution in [2.24, 2.45) is 59.2 Å². The summed E-state index contributed by atoms with van der Waals surface area (Å²) < 4.78 is 6.65. The van der Waals surface area contributed by atoms with Crippen molar-refractivity contribution >= 4 is 0 Å². The van der Waals surface area contributed by atoms with Crippen LogP contribution in [-0.2, 0) is 4.74 Å². The zero-order chi connectivity index (χ0) is 34.5. The van der Waals surface area contributed by atoms with Crippen LogP contribution in [0.5, 0.6) is 0 Å². The molecular formula is C46H80N2O. The molecule has 3 nitrogen and oxygen atoms in total. The molecule has 4 fully saturated rings. The van der Waals surface area contributed by atoms with Crippen LogP contribution in [0.3, 0.4) is 0 Å². The first-order valence-electron chi connectivity index (χ1n) is 22.5. The molecule has 0 aromatic carbocycles. The lowest BCUT2D eigenvalue weighted by molar-refractivity contribution is 0.0396. The Hall–Kier alpha value is -1.06. The Labute approximate surface area is 305 Å². The minimum Gasteiger partial charge on any atom is -0.381 e. The second-order valence-electron chi connectivity index (χ2n) is 18.0. The summed E-state index contributed by atoms with van der Waals surface area (Å²) in [6.07, 6.45) is 40.8. The molecule has 0 radical (unpaired) electrons. The summed E-state index contributed by atoms with van der Waals surface area (Å²) in [6, 6.07) is 5.18. The maximum atomic E-state index is 9.56. The van der Waals surface area contributed by atoms with Crippen molar-refractivity contribution in [3.8, 4) is 12.1 Å². The number of hydrogen-bond acceptors (Lipinski definition) is 3. The molecule has 0 aromatic heterocycles. The van der Waals surface area contributed by atoms with Gasteiger partial charge in [0, 0.05) is 25.0 Å². The van der Waals surface area contributed by atoms with Gasteiger partial charge in [-0.3, -0.25) is 0 Å². The quantitative estimate of drug-likeness (QED) is 0.107. The first kappa shape index (κ1) is 40.7. The highest BCUT2D eigenvalue weighted by Crippen LogP contribution is 2.46. The molecule has 0 N–H and O–H groups in total. The second-order valence-corrected chi connectivity index (χ2v) is 18.0. The molecular weight excluding hydrogens is 597 g/mol. The van der Waals surface area contributed by atoms with Gasteiger partial charge < -0.3 is 4.74 Å². The van der Waals surface area contributed by atoms with Crippen LogP contribution < -0.4 is 0 Å². The Morgan fingerprint density at radius 2 is 0.776 bits per heavy atom. The molecule has 3 heteroatoms. The predicted octanol–water partition coefficient (Wildman–Crippen LogP) is 14.0. The highest BCUT2D eigenvalue weighted by Gasteiger charge is 2.36. The lowest BCUT2D eigenvalue weighted by Crippen LogP contribution is -2.32. The molecule has 0 aromatic rings. The Morgan fingerprint density at radius 1 is 0.449 bits per heavy atom. The maximum Gasteiger partial charge on any atom is 0.0655 e. The van der Waals surface area contributed by atoms with Crippen LogP contribution in [-0.4, -0.2) is 13.2 Å². The van der Waals surface area contributed by atoms with E-state index in [2.05, 4.69) is 26.0 Å². The normalized spacial score (nSPS) is 32.2. The van der Waals surface area contributed by atoms with Crippen molar-refractivity contribution in [2.45, 2.75) is 206 Å². The minimum atomic E-state index is 0.303. The van der Waals surface area contributed by atoms with Crippen LogP contribution in [0.2, 0.25) is 0 Å². The number of ether oxygens (including phenoxy) is 1. The highest BCUT2D eigenvalue weighted by atomic mass is 16.5. The monoisotopic (exact) mass is 677 g/mol. The van der Waals surface area contributed by atoms with Gasteiger partial charge in [0.15, 0.2) is 0 Å². The van der Waals surface area contributed by atoms with Crippen molar-refractivity contribution in [3.63, 3.8) is 0 Å². The molecule has 49 heavy (non-hydrogen) atoms. The zero-order valence-electron chi connectivity index (χ0n) is 32.7. The summed E-state index contributed by atoms with van der Waals surface area (Å²) >= 11 is 0. The number of hydrogen-bond donors (Lipinski definition) is 0. The van der Waals surface area contributed by atoms with Gasteiger partial charge in [0.05, 0.1) is 12.1 Å². The zero-order valence-corrected chi connectivity index (χ0v) is 32.7. The fourth-order valence-electron chi connectivity index (χ4n) is 11.5. The number of rotatable bonds is 22. The van der Waals surface area contributed by atoms with Gasteiger partial charge in [-0.15, -0.1) is 0 Å². The second kappa shape index (κ2) is 24.2. The van der Waals surface area contributed by atoms with Crippen LogP contribution in [0.4, 0.5) is 0 Å². The third-order valence-electron chi connectivity index (χ3n) is 14.7. The van der Waals surface area contributed by atoms with Gasteiger partial charge >= 0.3 is 0 Å². The van der Waals surface area contributed by atoms with E-state index in [0.717, 1.165) is 86.2 Å². The van der Waals surface area contributed by atoms with E-state index in [-0.39, 0.29) is 0 Å². The summed E-state index contributed by atoms with van der Waals surface area (Å²) in [4.78, 5) is 0. The van der Waals surface area contributed by atoms with E-state index in [9.17, 15) is 10.5 Å². The highest BCUT2D eigenvalue weighted by molar-refractivity contribution is 4.92. The molecule has 4 rings (SSSR count). The van der Waals surface area contributed by atoms with E-state index >= 15 is 0 Å². The number of unbranched alkanes of at least 4 members (excludes halogenated alkanes) is 8. The third kappa shape index (κ3) is 14.5. The molecule has 0 amide bonds. The van der Waals surface area contributed by atoms with Gasteiger partial charge in [0.2, 0.25) is 0 Å². The summed E-state index contributed by atoms with van der Waals surface area (Å²) in [5.41, 5.74) is 0. The van der Waals surface area contributed by atoms with Crippen molar-refractivity contribution in [3.05, 3.63) is 0 Å². The first-order chi connectivity index (χ1) is 24.1. The summed E-state index contributed by atoms with van der Waals surface area (Å²) in [7, 11) is 0. The van der Waals surface area contributed by atoms with Crippen molar-refractivity contribution < 1.29 is 4.74 Å². The standard InChI is InChI=1S/C46H80N2O/c1-3-5-7-9-11-13-37-15-23-41(24-16-37)45(43-27-19-39(35-47)20-28-43)31-33-49-34-32-46(44-29-21-40(36-48)22-30-44)42-25-17-38(18-26-42)14-12-10-8-6-4-2/h37-46H,3-34H2,1-2H3. The molecule has 0 aliphatic heterocycles. The number of nitriles is 2. The molecule has 2 unspecified atom stereocenters. The molecule has 4 aliphatic carbocycles. The van der Waals surface area contributed by atoms with Gasteiger partial charge in [0.1, 0.15) is 0 Å². The fourth-order valence-corrected chi connectivity index (χ4v) is 11.5. The minimum absolute atomic E-state index is 0.303. The van der Waals surface area contributed by atoms with Gasteiger partial charge in [-0.1, -0.05) is 117 Å². The molecule has 0 heterocycles. The van der Waals surface area contributed by atoms with Crippen LogP contribution >= 0.6 is 0 Å². The van der Waals surface area contributed by atoms with Crippen LogP contribution in [0.15, 0.2) is 0 Å². The van der Waals surface area contributed by atoms with E-state index in [0.29, 0.717) is 11.8 Å². The smallest absolute Gasteiger partial charge is 0.0655 e. The van der Waals surface area contributed by atoms with Crippen molar-refractivity contribution in [2.75, 3.05) is 13.2 Å². The summed E-state index contributed by atoms with van der Waals surface area (Å²) in [6.45, 7) is 6.52. The summed E-state index contributed by atoms with van der Waals surface area (Å²) in [5.74, 6) is 7.56. The molecule has 4 aliphatic rings. The maximum absolute atomic E-state index is 9.56. The SMILES string of the molecule is CCCCCCCC1CCC(C(CCOCCC(C2CCC(C#N)CC2)C2CCC(CCCCCCC)CC2)C2CCC(C#N)CC2)CC1. The van der Waals surface area contributed by atoms with E-state index in [1.807, 2.05) is 0 Å². The van der Waals surface area contributed by atoms with Crippen molar-refractivity contribution in [1.29, 1.82) is 10.5 Å². The number of nitrogens with zero attached hydrogens (tertiary/aromatic N) is 2. The van der Waals surface area contributed by atoms with Gasteiger partial charge in [-0.2, -0.15) is 10.5 Å². The van der Waals surface area contributed by atoms with Crippen LogP contribution in [0, 0.1) is 81.8 Å². The topological polar surface area (TPSA) is 56.8 Å². The van der Waals surface area contributed by atoms with Crippen molar-refractivity contribution in [1.82, 2.24) is 0 Å². The van der Waals surface area contributed by atoms with Gasteiger partial charge in [-0.05, 0) is 137 Å². The largest absolute Gasteiger partial charge is 0.381 e. The van der Waals surface area contributed by atoms with E-state index in [1.54, 1.807) is 0 Å². The molecule has 280 valence electrons. The molecule has 2 atom stereocenters. The Morgan fingerprint density at radius 3 is 1.10 bits per heavy atom. The predicted molar refractivity (Wildman–Crippen MR) is 207 cm³/mol. The lowest BCUT2D eigenvalue weighted by atomic mass is 9.65. The lowest BCUT2D eigenvalue weighted by Gasteiger charge is -2.41. The first-order valence-corrected chi connectivity index (χ1v) is 22.5. The fraction of sp³-hybridized carbons (Fsp3) is 0.957. The Bertz CT molecular complexity index is 828. The van der Waals surface area contributed by atoms with Gasteiger partial charge in [-0.25, -0.2) is 0 Å². The van der Waals surface area contributed by atoms with Crippen LogP contribution in [0.1, 0.15) is 206 Å². The van der Waals surface area contributed by atoms with E-state index in [1.165, 1.54) is 167 Å². The Kier molecular flexibility index (Phi) is 20.1. The molecule has 0 spiro atoms. The molecule has 0 saturated heterocycles. The average molecular weight is 677 g/mol. The summed E-state index contributed by atoms with van der Waals surface area (Å²) in [5, 5.41) is 19.1. The third-order valence-corrected chi connectivity index (χ3v) is 14.7. The molecule has 4 saturated carbocycles. The Balaban J connectivity index is 1.24. The molecule has 0 bridgehead atoms. The van der Waals surface area contributed by atoms with Crippen LogP contribution in [0.25, 0.3) is 0 Å². The van der Waals surface area contributed by atoms with E-state index in [4.69, 9.17) is 4.74 Å². The average Bonchev–Trinajstić information content (AvgIpc) is 3.15.